The minimum Gasteiger partial charge on any atom is -0.378 e. The number of pyridine rings is 1. The highest BCUT2D eigenvalue weighted by Crippen LogP contribution is 2.11. The molecule has 0 unspecified atom stereocenters. The Labute approximate surface area is 95.4 Å². The van der Waals surface area contributed by atoms with Gasteiger partial charge in [-0.25, -0.2) is 4.98 Å². The minimum absolute atomic E-state index is 0.553. The SMILES string of the molecule is C=C(C)Cc1ccc2nc(COC)cn2c1. The van der Waals surface area contributed by atoms with Crippen LogP contribution in [-0.4, -0.2) is 16.5 Å². The van der Waals surface area contributed by atoms with Crippen molar-refractivity contribution in [3.8, 4) is 0 Å². The number of hydrogen-bond acceptors (Lipinski definition) is 2. The molecule has 16 heavy (non-hydrogen) atoms. The average Bonchev–Trinajstić information content (AvgIpc) is 2.59. The molecule has 84 valence electrons. The van der Waals surface area contributed by atoms with Crippen molar-refractivity contribution in [2.45, 2.75) is 20.0 Å². The Morgan fingerprint density at radius 3 is 2.94 bits per heavy atom. The predicted molar refractivity (Wildman–Crippen MR) is 64.4 cm³/mol. The Morgan fingerprint density at radius 2 is 2.25 bits per heavy atom. The van der Waals surface area contributed by atoms with Crippen LogP contribution in [0.25, 0.3) is 5.65 Å². The van der Waals surface area contributed by atoms with Gasteiger partial charge in [-0.3, -0.25) is 0 Å². The Hall–Kier alpha value is -1.61. The smallest absolute Gasteiger partial charge is 0.137 e. The van der Waals surface area contributed by atoms with E-state index in [4.69, 9.17) is 4.74 Å². The Balaban J connectivity index is 2.33. The van der Waals surface area contributed by atoms with Gasteiger partial charge in [-0.2, -0.15) is 0 Å². The Bertz CT molecular complexity index is 514. The lowest BCUT2D eigenvalue weighted by Crippen LogP contribution is -1.90. The second-order valence-electron chi connectivity index (χ2n) is 4.10. The highest BCUT2D eigenvalue weighted by Gasteiger charge is 2.02. The number of allylic oxidation sites excluding steroid dienone is 1. The van der Waals surface area contributed by atoms with Crippen molar-refractivity contribution < 1.29 is 4.74 Å². The van der Waals surface area contributed by atoms with Crippen molar-refractivity contribution in [2.75, 3.05) is 7.11 Å². The third-order valence-electron chi connectivity index (χ3n) is 2.36. The predicted octanol–water partition coefficient (Wildman–Crippen LogP) is 2.60. The van der Waals surface area contributed by atoms with Crippen molar-refractivity contribution in [2.24, 2.45) is 0 Å². The van der Waals surface area contributed by atoms with Crippen LogP contribution < -0.4 is 0 Å². The molecule has 0 N–H and O–H groups in total. The number of imidazole rings is 1. The van der Waals surface area contributed by atoms with Gasteiger partial charge in [-0.1, -0.05) is 18.2 Å². The monoisotopic (exact) mass is 216 g/mol. The first-order valence-electron chi connectivity index (χ1n) is 5.29. The molecule has 0 radical (unpaired) electrons. The molecule has 2 aromatic rings. The Kier molecular flexibility index (Phi) is 3.06. The lowest BCUT2D eigenvalue weighted by Gasteiger charge is -2.01. The van der Waals surface area contributed by atoms with Crippen molar-refractivity contribution >= 4 is 5.65 Å². The van der Waals surface area contributed by atoms with Gasteiger partial charge >= 0.3 is 0 Å². The molecule has 2 aromatic heterocycles. The van der Waals surface area contributed by atoms with Gasteiger partial charge in [0.1, 0.15) is 5.65 Å². The number of hydrogen-bond donors (Lipinski definition) is 0. The summed E-state index contributed by atoms with van der Waals surface area (Å²) in [4.78, 5) is 4.44. The standard InChI is InChI=1S/C13H16N2O/c1-10(2)6-11-4-5-13-14-12(9-16-3)8-15(13)7-11/h4-5,7-8H,1,6,9H2,2-3H3. The number of ether oxygens (including phenoxy) is 1. The average molecular weight is 216 g/mol. The number of rotatable bonds is 4. The van der Waals surface area contributed by atoms with Gasteiger partial charge in [-0.05, 0) is 25.0 Å². The van der Waals surface area contributed by atoms with Gasteiger partial charge in [0, 0.05) is 19.5 Å². The van der Waals surface area contributed by atoms with E-state index in [-0.39, 0.29) is 0 Å². The number of aromatic nitrogens is 2. The maximum atomic E-state index is 5.06. The second-order valence-corrected chi connectivity index (χ2v) is 4.10. The zero-order valence-electron chi connectivity index (χ0n) is 9.73. The molecule has 0 bridgehead atoms. The van der Waals surface area contributed by atoms with E-state index in [9.17, 15) is 0 Å². The molecule has 0 aliphatic heterocycles. The van der Waals surface area contributed by atoms with Gasteiger partial charge < -0.3 is 9.14 Å². The summed E-state index contributed by atoms with van der Waals surface area (Å²) in [5.41, 5.74) is 4.32. The van der Waals surface area contributed by atoms with E-state index in [1.165, 1.54) is 5.56 Å². The van der Waals surface area contributed by atoms with Gasteiger partial charge in [0.25, 0.3) is 0 Å². The third-order valence-corrected chi connectivity index (χ3v) is 2.36. The molecular weight excluding hydrogens is 200 g/mol. The molecule has 0 saturated heterocycles. The fraction of sp³-hybridized carbons (Fsp3) is 0.308. The maximum absolute atomic E-state index is 5.06. The minimum atomic E-state index is 0.553. The van der Waals surface area contributed by atoms with Crippen LogP contribution in [0.3, 0.4) is 0 Å². The summed E-state index contributed by atoms with van der Waals surface area (Å²) in [6, 6.07) is 4.12. The van der Waals surface area contributed by atoms with Crippen molar-refractivity contribution in [3.05, 3.63) is 47.9 Å². The summed E-state index contributed by atoms with van der Waals surface area (Å²) in [5, 5.41) is 0. The molecule has 0 saturated carbocycles. The lowest BCUT2D eigenvalue weighted by molar-refractivity contribution is 0.182. The van der Waals surface area contributed by atoms with Crippen LogP contribution in [0, 0.1) is 0 Å². The van der Waals surface area contributed by atoms with Crippen LogP contribution in [0.15, 0.2) is 36.7 Å². The molecule has 3 heteroatoms. The zero-order chi connectivity index (χ0) is 11.5. The fourth-order valence-electron chi connectivity index (χ4n) is 1.76. The number of fused-ring (bicyclic) bond motifs is 1. The second kappa shape index (κ2) is 4.49. The van der Waals surface area contributed by atoms with E-state index in [2.05, 4.69) is 23.8 Å². The van der Waals surface area contributed by atoms with Crippen molar-refractivity contribution in [1.29, 1.82) is 0 Å². The summed E-state index contributed by atoms with van der Waals surface area (Å²) >= 11 is 0. The topological polar surface area (TPSA) is 26.5 Å². The van der Waals surface area contributed by atoms with E-state index in [1.54, 1.807) is 7.11 Å². The van der Waals surface area contributed by atoms with Gasteiger partial charge in [-0.15, -0.1) is 0 Å². The summed E-state index contributed by atoms with van der Waals surface area (Å²) in [6.07, 6.45) is 5.00. The summed E-state index contributed by atoms with van der Waals surface area (Å²) in [7, 11) is 1.68. The molecular formula is C13H16N2O. The fourth-order valence-corrected chi connectivity index (χ4v) is 1.76. The van der Waals surface area contributed by atoms with Crippen LogP contribution in [0.5, 0.6) is 0 Å². The zero-order valence-corrected chi connectivity index (χ0v) is 9.73. The van der Waals surface area contributed by atoms with Gasteiger partial charge in [0.15, 0.2) is 0 Å². The quantitative estimate of drug-likeness (QED) is 0.734. The van der Waals surface area contributed by atoms with E-state index in [0.29, 0.717) is 6.61 Å². The third kappa shape index (κ3) is 2.31. The molecule has 3 nitrogen and oxygen atoms in total. The number of methoxy groups -OCH3 is 1. The summed E-state index contributed by atoms with van der Waals surface area (Å²) in [5.74, 6) is 0. The van der Waals surface area contributed by atoms with E-state index >= 15 is 0 Å². The summed E-state index contributed by atoms with van der Waals surface area (Å²) < 4.78 is 7.10. The molecule has 0 fully saturated rings. The van der Waals surface area contributed by atoms with Crippen molar-refractivity contribution in [3.63, 3.8) is 0 Å². The number of nitrogens with zero attached hydrogens (tertiary/aromatic N) is 2. The maximum Gasteiger partial charge on any atom is 0.137 e. The lowest BCUT2D eigenvalue weighted by atomic mass is 10.1. The summed E-state index contributed by atoms with van der Waals surface area (Å²) in [6.45, 7) is 6.51. The van der Waals surface area contributed by atoms with Crippen LogP contribution in [0.1, 0.15) is 18.2 Å². The molecule has 2 rings (SSSR count). The first-order valence-corrected chi connectivity index (χ1v) is 5.29. The van der Waals surface area contributed by atoms with Crippen LogP contribution in [0.2, 0.25) is 0 Å². The normalized spacial score (nSPS) is 10.9. The Morgan fingerprint density at radius 1 is 1.44 bits per heavy atom. The van der Waals surface area contributed by atoms with Crippen LogP contribution >= 0.6 is 0 Å². The highest BCUT2D eigenvalue weighted by molar-refractivity contribution is 5.41. The largest absolute Gasteiger partial charge is 0.378 e. The first kappa shape index (κ1) is 10.9. The van der Waals surface area contributed by atoms with Crippen LogP contribution in [0.4, 0.5) is 0 Å². The van der Waals surface area contributed by atoms with E-state index in [1.807, 2.05) is 23.6 Å². The molecule has 0 aliphatic rings. The molecule has 0 aromatic carbocycles. The molecule has 0 spiro atoms. The van der Waals surface area contributed by atoms with Crippen molar-refractivity contribution in [1.82, 2.24) is 9.38 Å². The van der Waals surface area contributed by atoms with Crippen LogP contribution in [-0.2, 0) is 17.8 Å². The van der Waals surface area contributed by atoms with E-state index < -0.39 is 0 Å². The molecule has 0 atom stereocenters. The first-order chi connectivity index (χ1) is 7.69. The van der Waals surface area contributed by atoms with Gasteiger partial charge in [0.2, 0.25) is 0 Å². The molecule has 0 amide bonds. The molecule has 2 heterocycles. The highest BCUT2D eigenvalue weighted by atomic mass is 16.5. The molecule has 0 aliphatic carbocycles. The van der Waals surface area contributed by atoms with Gasteiger partial charge in [0.05, 0.1) is 12.3 Å². The van der Waals surface area contributed by atoms with E-state index in [0.717, 1.165) is 23.3 Å².